The molecule has 0 aliphatic carbocycles. The predicted octanol–water partition coefficient (Wildman–Crippen LogP) is 0.517. The summed E-state index contributed by atoms with van der Waals surface area (Å²) in [6.45, 7) is 0.0181. The van der Waals surface area contributed by atoms with E-state index >= 15 is 0 Å². The Balaban J connectivity index is 3.02. The third-order valence-corrected chi connectivity index (χ3v) is 1.92. The summed E-state index contributed by atoms with van der Waals surface area (Å²) in [5.41, 5.74) is 1.13. The zero-order valence-corrected chi connectivity index (χ0v) is 9.40. The highest BCUT2D eigenvalue weighted by molar-refractivity contribution is 5.96. The van der Waals surface area contributed by atoms with Crippen LogP contribution in [0.1, 0.15) is 22.3 Å². The smallest absolute Gasteiger partial charge is 0.254 e. The Hall–Kier alpha value is -1.86. The lowest BCUT2D eigenvalue weighted by molar-refractivity contribution is 0.0827. The molecule has 1 aromatic heterocycles. The van der Waals surface area contributed by atoms with Crippen LogP contribution in [0, 0.1) is 11.8 Å². The summed E-state index contributed by atoms with van der Waals surface area (Å²) in [5.74, 6) is 5.50. The average molecular weight is 218 g/mol. The Morgan fingerprint density at radius 1 is 1.56 bits per heavy atom. The van der Waals surface area contributed by atoms with Crippen molar-refractivity contribution < 1.29 is 9.90 Å². The summed E-state index contributed by atoms with van der Waals surface area (Å²) in [6.07, 6.45) is 3.51. The number of nitrogens with zero attached hydrogens (tertiary/aromatic N) is 2. The summed E-state index contributed by atoms with van der Waals surface area (Å²) in [6, 6.07) is 1.64. The minimum Gasteiger partial charge on any atom is -0.395 e. The fourth-order valence-corrected chi connectivity index (χ4v) is 1.14. The van der Waals surface area contributed by atoms with E-state index in [1.807, 2.05) is 0 Å². The molecule has 0 spiro atoms. The molecule has 1 rings (SSSR count). The molecule has 84 valence electrons. The molecule has 0 aliphatic heterocycles. The lowest BCUT2D eigenvalue weighted by Crippen LogP contribution is -2.22. The molecule has 4 heteroatoms. The van der Waals surface area contributed by atoms with E-state index in [0.717, 1.165) is 0 Å². The van der Waals surface area contributed by atoms with Crippen LogP contribution in [0.2, 0.25) is 0 Å². The van der Waals surface area contributed by atoms with E-state index in [1.165, 1.54) is 4.90 Å². The van der Waals surface area contributed by atoms with Gasteiger partial charge in [0.15, 0.2) is 0 Å². The van der Waals surface area contributed by atoms with E-state index in [9.17, 15) is 4.79 Å². The fraction of sp³-hybridized carbons (Fsp3) is 0.333. The van der Waals surface area contributed by atoms with Crippen LogP contribution in [0.5, 0.6) is 0 Å². The van der Waals surface area contributed by atoms with E-state index < -0.39 is 0 Å². The number of amides is 1. The molecule has 16 heavy (non-hydrogen) atoms. The van der Waals surface area contributed by atoms with E-state index in [4.69, 9.17) is 5.11 Å². The first kappa shape index (κ1) is 12.2. The second-order valence-corrected chi connectivity index (χ2v) is 3.40. The van der Waals surface area contributed by atoms with E-state index in [1.54, 1.807) is 32.6 Å². The van der Waals surface area contributed by atoms with Crippen molar-refractivity contribution in [1.29, 1.82) is 0 Å². The molecule has 0 saturated carbocycles. The van der Waals surface area contributed by atoms with Gasteiger partial charge in [0.1, 0.15) is 0 Å². The topological polar surface area (TPSA) is 53.4 Å². The summed E-state index contributed by atoms with van der Waals surface area (Å²) in [5, 5.41) is 8.62. The lowest BCUT2D eigenvalue weighted by Gasteiger charge is -2.10. The number of carbonyl (C=O) groups is 1. The number of aliphatic hydroxyl groups excluding tert-OH is 1. The highest BCUT2D eigenvalue weighted by atomic mass is 16.2. The Morgan fingerprint density at radius 3 is 2.94 bits per heavy atom. The van der Waals surface area contributed by atoms with Gasteiger partial charge in [-0.2, -0.15) is 0 Å². The number of pyridine rings is 1. The molecule has 0 radical (unpaired) electrons. The van der Waals surface area contributed by atoms with Gasteiger partial charge < -0.3 is 10.0 Å². The quantitative estimate of drug-likeness (QED) is 0.736. The lowest BCUT2D eigenvalue weighted by atomic mass is 10.1. The second-order valence-electron chi connectivity index (χ2n) is 3.40. The number of aromatic nitrogens is 1. The van der Waals surface area contributed by atoms with E-state index in [2.05, 4.69) is 16.8 Å². The molecule has 1 amide bonds. The van der Waals surface area contributed by atoms with Gasteiger partial charge in [-0.05, 0) is 6.07 Å². The molecule has 0 bridgehead atoms. The largest absolute Gasteiger partial charge is 0.395 e. The van der Waals surface area contributed by atoms with Crippen molar-refractivity contribution >= 4 is 5.91 Å². The van der Waals surface area contributed by atoms with Crippen molar-refractivity contribution in [2.45, 2.75) is 6.42 Å². The minimum atomic E-state index is -0.101. The van der Waals surface area contributed by atoms with Crippen molar-refractivity contribution in [3.05, 3.63) is 29.6 Å². The van der Waals surface area contributed by atoms with Gasteiger partial charge >= 0.3 is 0 Å². The maximum atomic E-state index is 11.8. The second kappa shape index (κ2) is 5.89. The first-order valence-electron chi connectivity index (χ1n) is 4.92. The number of carbonyl (C=O) groups excluding carboxylic acids is 1. The van der Waals surface area contributed by atoms with Crippen LogP contribution in [-0.4, -0.2) is 41.6 Å². The summed E-state index contributed by atoms with van der Waals surface area (Å²) < 4.78 is 0. The van der Waals surface area contributed by atoms with Gasteiger partial charge in [-0.15, -0.1) is 0 Å². The standard InChI is InChI=1S/C12H14N2O2/c1-14(2)12(16)11-6-7-13-9-10(11)5-3-4-8-15/h6-7,9,15H,4,8H2,1-2H3. The number of aliphatic hydroxyl groups is 1. The molecule has 0 saturated heterocycles. The summed E-state index contributed by atoms with van der Waals surface area (Å²) >= 11 is 0. The molecule has 4 nitrogen and oxygen atoms in total. The van der Waals surface area contributed by atoms with Crippen molar-refractivity contribution in [2.24, 2.45) is 0 Å². The molecular formula is C12H14N2O2. The van der Waals surface area contributed by atoms with Crippen molar-refractivity contribution in [2.75, 3.05) is 20.7 Å². The average Bonchev–Trinajstić information content (AvgIpc) is 2.29. The Kier molecular flexibility index (Phi) is 4.49. The third-order valence-electron chi connectivity index (χ3n) is 1.92. The van der Waals surface area contributed by atoms with Crippen LogP contribution in [0.3, 0.4) is 0 Å². The summed E-state index contributed by atoms with van der Waals surface area (Å²) in [4.78, 5) is 17.2. The molecule has 1 aromatic rings. The van der Waals surface area contributed by atoms with Crippen molar-refractivity contribution in [3.8, 4) is 11.8 Å². The first-order chi connectivity index (χ1) is 7.66. The normalized spacial score (nSPS) is 9.19. The maximum Gasteiger partial charge on any atom is 0.254 e. The summed E-state index contributed by atoms with van der Waals surface area (Å²) in [7, 11) is 3.38. The number of rotatable bonds is 2. The zero-order valence-electron chi connectivity index (χ0n) is 9.40. The molecule has 1 N–H and O–H groups in total. The molecule has 0 unspecified atom stereocenters. The van der Waals surface area contributed by atoms with Crippen molar-refractivity contribution in [3.63, 3.8) is 0 Å². The van der Waals surface area contributed by atoms with Crippen LogP contribution >= 0.6 is 0 Å². The van der Waals surface area contributed by atoms with Crippen LogP contribution in [0.15, 0.2) is 18.5 Å². The first-order valence-corrected chi connectivity index (χ1v) is 4.92. The van der Waals surface area contributed by atoms with Crippen LogP contribution < -0.4 is 0 Å². The molecule has 0 aromatic carbocycles. The molecule has 0 fully saturated rings. The van der Waals surface area contributed by atoms with Gasteiger partial charge in [0.25, 0.3) is 5.91 Å². The molecule has 1 heterocycles. The number of hydrogen-bond donors (Lipinski definition) is 1. The molecule has 0 atom stereocenters. The SMILES string of the molecule is CN(C)C(=O)c1ccncc1C#CCCO. The predicted molar refractivity (Wildman–Crippen MR) is 60.8 cm³/mol. The van der Waals surface area contributed by atoms with Crippen LogP contribution in [0.4, 0.5) is 0 Å². The monoisotopic (exact) mass is 218 g/mol. The van der Waals surface area contributed by atoms with Gasteiger partial charge in [-0.3, -0.25) is 9.78 Å². The fourth-order valence-electron chi connectivity index (χ4n) is 1.14. The van der Waals surface area contributed by atoms with E-state index in [0.29, 0.717) is 17.5 Å². The van der Waals surface area contributed by atoms with E-state index in [-0.39, 0.29) is 12.5 Å². The van der Waals surface area contributed by atoms with Crippen molar-refractivity contribution in [1.82, 2.24) is 9.88 Å². The van der Waals surface area contributed by atoms with Gasteiger partial charge in [0.05, 0.1) is 17.7 Å². The highest BCUT2D eigenvalue weighted by Gasteiger charge is 2.11. The van der Waals surface area contributed by atoms with Gasteiger partial charge in [0, 0.05) is 32.9 Å². The van der Waals surface area contributed by atoms with Gasteiger partial charge in [0.2, 0.25) is 0 Å². The van der Waals surface area contributed by atoms with Crippen LogP contribution in [-0.2, 0) is 0 Å². The Bertz CT molecular complexity index is 430. The van der Waals surface area contributed by atoms with Crippen LogP contribution in [0.25, 0.3) is 0 Å². The Labute approximate surface area is 94.9 Å². The third kappa shape index (κ3) is 3.07. The van der Waals surface area contributed by atoms with Gasteiger partial charge in [-0.1, -0.05) is 11.8 Å². The molecule has 0 aliphatic rings. The van der Waals surface area contributed by atoms with Gasteiger partial charge in [-0.25, -0.2) is 0 Å². The zero-order chi connectivity index (χ0) is 12.0. The maximum absolute atomic E-state index is 11.8. The molecular weight excluding hydrogens is 204 g/mol. The highest BCUT2D eigenvalue weighted by Crippen LogP contribution is 2.07. The number of hydrogen-bond acceptors (Lipinski definition) is 3. The minimum absolute atomic E-state index is 0.0181. The Morgan fingerprint density at radius 2 is 2.31 bits per heavy atom.